The highest BCUT2D eigenvalue weighted by molar-refractivity contribution is 7.52. The second kappa shape index (κ2) is 13.2. The molecule has 3 heterocycles. The number of nitrogens with two attached hydrogens (primary N) is 1. The van der Waals surface area contributed by atoms with Crippen LogP contribution in [0.15, 0.2) is 42.5 Å². The Balaban J connectivity index is 1.59. The first kappa shape index (κ1) is 33.3. The fourth-order valence-corrected chi connectivity index (χ4v) is 6.40. The average molecular weight is 635 g/mol. The van der Waals surface area contributed by atoms with E-state index in [0.717, 1.165) is 24.3 Å². The summed E-state index contributed by atoms with van der Waals surface area (Å²) in [7, 11) is -4.39. The van der Waals surface area contributed by atoms with Gasteiger partial charge >= 0.3 is 19.8 Å². The molecule has 1 unspecified atom stereocenters. The number of rotatable bonds is 13. The molecule has 0 amide bonds. The third-order valence-corrected chi connectivity index (χ3v) is 9.34. The molecule has 14 nitrogen and oxygen atoms in total. The number of nitrogens with one attached hydrogen (secondary N) is 1. The van der Waals surface area contributed by atoms with Crippen molar-refractivity contribution in [2.75, 3.05) is 18.9 Å². The molecule has 1 fully saturated rings. The first-order valence-electron chi connectivity index (χ1n) is 14.0. The van der Waals surface area contributed by atoms with Crippen molar-refractivity contribution in [1.29, 1.82) is 5.26 Å². The average Bonchev–Trinajstić information content (AvgIpc) is 3.49. The van der Waals surface area contributed by atoms with Crippen LogP contribution in [0, 0.1) is 23.3 Å². The maximum absolute atomic E-state index is 14.1. The number of esters is 1. The first-order valence-corrected chi connectivity index (χ1v) is 15.6. The van der Waals surface area contributed by atoms with Crippen molar-refractivity contribution in [1.82, 2.24) is 19.7 Å². The number of anilines is 1. The quantitative estimate of drug-likeness (QED) is 0.158. The van der Waals surface area contributed by atoms with E-state index in [0.29, 0.717) is 0 Å². The molecule has 16 heteroatoms. The molecule has 1 aliphatic heterocycles. The summed E-state index contributed by atoms with van der Waals surface area (Å²) >= 11 is 0. The van der Waals surface area contributed by atoms with Crippen molar-refractivity contribution in [3.63, 3.8) is 0 Å². The lowest BCUT2D eigenvalue weighted by atomic mass is 9.80. The standard InChI is InChI=1S/C28H36FN6O8P/c1-5-18(6-2)14-40-25(37)17(3)34-44(39,43-19-10-8-7-9-11-19)41-15-21-23(36)27(4,38)28(16-30,42-21)22-13-12-20-24(31)32-26(29)33-35(20)22/h7-13,17-18,21,23,36,38H,5-6,14-15H2,1-4H3,(H,34,39)(H2,31,32,33)/t17-,21+,23+,27+,28-,44?/m0/s1. The van der Waals surface area contributed by atoms with Gasteiger partial charge in [0, 0.05) is 0 Å². The van der Waals surface area contributed by atoms with E-state index in [1.165, 1.54) is 31.2 Å². The molecular formula is C28H36FN6O8P. The van der Waals surface area contributed by atoms with Gasteiger partial charge in [0.2, 0.25) is 5.60 Å². The van der Waals surface area contributed by atoms with Crippen LogP contribution in [0.1, 0.15) is 46.2 Å². The van der Waals surface area contributed by atoms with Gasteiger partial charge in [0.05, 0.1) is 18.9 Å². The van der Waals surface area contributed by atoms with Crippen molar-refractivity contribution < 1.29 is 42.5 Å². The summed E-state index contributed by atoms with van der Waals surface area (Å²) in [5, 5.41) is 39.0. The van der Waals surface area contributed by atoms with Gasteiger partial charge in [0.15, 0.2) is 5.82 Å². The second-order valence-electron chi connectivity index (χ2n) is 10.7. The van der Waals surface area contributed by atoms with E-state index in [2.05, 4.69) is 15.2 Å². The lowest BCUT2D eigenvalue weighted by molar-refractivity contribution is -0.146. The maximum atomic E-state index is 14.1. The number of carbonyl (C=O) groups excluding carboxylic acids is 1. The van der Waals surface area contributed by atoms with Crippen LogP contribution in [0.5, 0.6) is 5.75 Å². The summed E-state index contributed by atoms with van der Waals surface area (Å²) in [5.41, 5.74) is 1.14. The molecule has 0 spiro atoms. The number of ether oxygens (including phenoxy) is 2. The zero-order valence-electron chi connectivity index (χ0n) is 24.7. The SMILES string of the molecule is CCC(CC)COC(=O)[C@H](C)NP(=O)(OC[C@H]1O[C@@](C#N)(c2ccc3c(N)nc(F)nn23)[C@](C)(O)[C@@H]1O)Oc1ccccc1. The minimum absolute atomic E-state index is 0.125. The third kappa shape index (κ3) is 6.41. The topological polar surface area (TPSA) is 204 Å². The van der Waals surface area contributed by atoms with Crippen LogP contribution in [0.2, 0.25) is 0 Å². The molecule has 44 heavy (non-hydrogen) atoms. The number of nitrogens with zero attached hydrogens (tertiary/aromatic N) is 4. The summed E-state index contributed by atoms with van der Waals surface area (Å²) in [6.07, 6.45) is -2.82. The number of benzene rings is 1. The Morgan fingerprint density at radius 2 is 1.98 bits per heavy atom. The number of hydrogen-bond donors (Lipinski definition) is 4. The molecule has 2 aromatic heterocycles. The van der Waals surface area contributed by atoms with Crippen molar-refractivity contribution >= 4 is 25.1 Å². The number of fused-ring (bicyclic) bond motifs is 1. The maximum Gasteiger partial charge on any atom is 0.459 e. The lowest BCUT2D eigenvalue weighted by Gasteiger charge is -2.33. The highest BCUT2D eigenvalue weighted by atomic mass is 31.2. The number of nitrogen functional groups attached to an aromatic ring is 1. The summed E-state index contributed by atoms with van der Waals surface area (Å²) in [5.74, 6) is -0.602. The zero-order valence-corrected chi connectivity index (χ0v) is 25.6. The number of carbonyl (C=O) groups is 1. The number of para-hydroxylation sites is 1. The predicted molar refractivity (Wildman–Crippen MR) is 154 cm³/mol. The van der Waals surface area contributed by atoms with E-state index in [-0.39, 0.29) is 35.3 Å². The highest BCUT2D eigenvalue weighted by Crippen LogP contribution is 2.50. The molecule has 4 rings (SSSR count). The lowest BCUT2D eigenvalue weighted by Crippen LogP contribution is -2.52. The Hall–Kier alpha value is -3.64. The fourth-order valence-electron chi connectivity index (χ4n) is 4.90. The Morgan fingerprint density at radius 1 is 1.30 bits per heavy atom. The molecule has 1 aromatic carbocycles. The number of aliphatic hydroxyl groups is 2. The number of halogens is 1. The minimum Gasteiger partial charge on any atom is -0.464 e. The zero-order chi connectivity index (χ0) is 32.3. The summed E-state index contributed by atoms with van der Waals surface area (Å²) < 4.78 is 51.6. The van der Waals surface area contributed by atoms with Gasteiger partial charge in [-0.2, -0.15) is 19.7 Å². The summed E-state index contributed by atoms with van der Waals surface area (Å²) in [6.45, 7) is 6.05. The smallest absolute Gasteiger partial charge is 0.459 e. The normalized spacial score (nSPS) is 25.4. The molecule has 238 valence electrons. The molecule has 0 bridgehead atoms. The van der Waals surface area contributed by atoms with E-state index < -0.39 is 55.9 Å². The Morgan fingerprint density at radius 3 is 2.61 bits per heavy atom. The fraction of sp³-hybridized carbons (Fsp3) is 0.500. The van der Waals surface area contributed by atoms with Crippen molar-refractivity contribution in [3.8, 4) is 11.8 Å². The van der Waals surface area contributed by atoms with Crippen molar-refractivity contribution in [2.24, 2.45) is 5.92 Å². The Bertz CT molecular complexity index is 1560. The number of aliphatic hydroxyl groups excluding tert-OH is 1. The summed E-state index contributed by atoms with van der Waals surface area (Å²) in [6, 6.07) is 11.5. The van der Waals surface area contributed by atoms with Crippen molar-refractivity contribution in [3.05, 3.63) is 54.2 Å². The van der Waals surface area contributed by atoms with E-state index in [4.69, 9.17) is 24.3 Å². The van der Waals surface area contributed by atoms with Gasteiger partial charge in [-0.3, -0.25) is 9.32 Å². The van der Waals surface area contributed by atoms with E-state index in [9.17, 15) is 29.2 Å². The molecule has 1 saturated heterocycles. The predicted octanol–water partition coefficient (Wildman–Crippen LogP) is 2.84. The molecular weight excluding hydrogens is 598 g/mol. The van der Waals surface area contributed by atoms with Gasteiger partial charge < -0.3 is 29.9 Å². The number of nitriles is 1. The molecule has 3 aromatic rings. The highest BCUT2D eigenvalue weighted by Gasteiger charge is 2.65. The second-order valence-corrected chi connectivity index (χ2v) is 12.4. The largest absolute Gasteiger partial charge is 0.464 e. The van der Waals surface area contributed by atoms with Gasteiger partial charge in [-0.25, -0.2) is 9.08 Å². The van der Waals surface area contributed by atoms with Gasteiger partial charge in [0.1, 0.15) is 41.2 Å². The number of hydrogen-bond acceptors (Lipinski definition) is 12. The van der Waals surface area contributed by atoms with Crippen LogP contribution in [0.25, 0.3) is 5.52 Å². The summed E-state index contributed by atoms with van der Waals surface area (Å²) in [4.78, 5) is 16.2. The van der Waals surface area contributed by atoms with Crippen LogP contribution in [0.4, 0.5) is 10.2 Å². The van der Waals surface area contributed by atoms with Gasteiger partial charge in [-0.1, -0.05) is 44.9 Å². The number of aromatic nitrogens is 3. The first-order chi connectivity index (χ1) is 20.8. The Kier molecular flexibility index (Phi) is 9.94. The molecule has 6 atom stereocenters. The molecule has 0 radical (unpaired) electrons. The van der Waals surface area contributed by atoms with Gasteiger partial charge in [-0.15, -0.1) is 5.10 Å². The third-order valence-electron chi connectivity index (χ3n) is 7.70. The monoisotopic (exact) mass is 634 g/mol. The molecule has 5 N–H and O–H groups in total. The van der Waals surface area contributed by atoms with Gasteiger partial charge in [0.25, 0.3) is 0 Å². The molecule has 0 saturated carbocycles. The van der Waals surface area contributed by atoms with E-state index in [1.54, 1.807) is 18.2 Å². The van der Waals surface area contributed by atoms with Crippen LogP contribution in [-0.2, 0) is 29.0 Å². The van der Waals surface area contributed by atoms with E-state index in [1.807, 2.05) is 19.9 Å². The van der Waals surface area contributed by atoms with Crippen LogP contribution in [0.3, 0.4) is 0 Å². The van der Waals surface area contributed by atoms with Crippen LogP contribution >= 0.6 is 7.75 Å². The van der Waals surface area contributed by atoms with Gasteiger partial charge in [-0.05, 0) is 44.0 Å². The molecule has 0 aliphatic carbocycles. The molecule has 1 aliphatic rings. The Labute approximate surface area is 253 Å². The van der Waals surface area contributed by atoms with Crippen LogP contribution in [-0.4, -0.2) is 67.8 Å². The van der Waals surface area contributed by atoms with E-state index >= 15 is 0 Å². The van der Waals surface area contributed by atoms with Crippen molar-refractivity contribution in [2.45, 2.75) is 70.0 Å². The van der Waals surface area contributed by atoms with Crippen LogP contribution < -0.4 is 15.3 Å². The minimum atomic E-state index is -4.39.